The molecule has 0 saturated heterocycles. The van der Waals surface area contributed by atoms with Crippen molar-refractivity contribution in [1.29, 1.82) is 0 Å². The molecule has 0 aliphatic carbocycles. The van der Waals surface area contributed by atoms with Crippen molar-refractivity contribution in [3.63, 3.8) is 0 Å². The Balaban J connectivity index is 1.93. The minimum atomic E-state index is 0.249. The maximum absolute atomic E-state index is 6.04. The van der Waals surface area contributed by atoms with E-state index < -0.39 is 0 Å². The number of benzene rings is 2. The zero-order valence-electron chi connectivity index (χ0n) is 12.4. The lowest BCUT2D eigenvalue weighted by molar-refractivity contribution is 0.697. The number of anilines is 2. The van der Waals surface area contributed by atoms with Crippen LogP contribution in [-0.2, 0) is 0 Å². The molecule has 2 heterocycles. The maximum Gasteiger partial charge on any atom is 0.142 e. The van der Waals surface area contributed by atoms with Crippen LogP contribution in [0.15, 0.2) is 53.3 Å². The predicted octanol–water partition coefficient (Wildman–Crippen LogP) is 4.94. The van der Waals surface area contributed by atoms with Gasteiger partial charge in [-0.15, -0.1) is 10.2 Å². The minimum absolute atomic E-state index is 0.249. The fourth-order valence-corrected chi connectivity index (χ4v) is 3.48. The Morgan fingerprint density at radius 3 is 2.70 bits per heavy atom. The molecule has 0 saturated carbocycles. The molecular formula is C17H14BrClN4. The number of hydrogen-bond donors (Lipinski definition) is 0. The van der Waals surface area contributed by atoms with Crippen LogP contribution >= 0.6 is 27.5 Å². The number of rotatable bonds is 1. The van der Waals surface area contributed by atoms with E-state index in [1.807, 2.05) is 30.3 Å². The zero-order chi connectivity index (χ0) is 16.0. The summed E-state index contributed by atoms with van der Waals surface area (Å²) in [5, 5.41) is 9.15. The van der Waals surface area contributed by atoms with Crippen LogP contribution in [0.4, 0.5) is 11.4 Å². The predicted molar refractivity (Wildman–Crippen MR) is 95.9 cm³/mol. The topological polar surface area (TPSA) is 34.0 Å². The van der Waals surface area contributed by atoms with E-state index >= 15 is 0 Å². The second-order valence-electron chi connectivity index (χ2n) is 5.68. The zero-order valence-corrected chi connectivity index (χ0v) is 14.8. The van der Waals surface area contributed by atoms with E-state index in [0.717, 1.165) is 38.9 Å². The van der Waals surface area contributed by atoms with Gasteiger partial charge in [-0.2, -0.15) is 0 Å². The average molecular weight is 390 g/mol. The lowest BCUT2D eigenvalue weighted by Crippen LogP contribution is -2.21. The molecule has 1 aliphatic heterocycles. The summed E-state index contributed by atoms with van der Waals surface area (Å²) in [6.07, 6.45) is 1.78. The number of aromatic nitrogens is 3. The van der Waals surface area contributed by atoms with Crippen molar-refractivity contribution in [2.45, 2.75) is 12.8 Å². The molecule has 6 heteroatoms. The smallest absolute Gasteiger partial charge is 0.142 e. The van der Waals surface area contributed by atoms with E-state index in [4.69, 9.17) is 11.6 Å². The van der Waals surface area contributed by atoms with Crippen LogP contribution in [0.1, 0.15) is 18.7 Å². The molecule has 3 aromatic rings. The molecule has 4 nitrogen and oxygen atoms in total. The summed E-state index contributed by atoms with van der Waals surface area (Å²) in [6, 6.07) is 14.2. The van der Waals surface area contributed by atoms with Crippen LogP contribution in [0.25, 0.3) is 5.69 Å². The molecule has 1 aromatic heterocycles. The Labute approximate surface area is 147 Å². The Morgan fingerprint density at radius 1 is 1.13 bits per heavy atom. The first-order chi connectivity index (χ1) is 11.1. The van der Waals surface area contributed by atoms with Gasteiger partial charge in [0.05, 0.1) is 11.4 Å². The summed E-state index contributed by atoms with van der Waals surface area (Å²) in [7, 11) is 0. The normalized spacial score (nSPS) is 16.7. The van der Waals surface area contributed by atoms with Gasteiger partial charge in [0.15, 0.2) is 0 Å². The van der Waals surface area contributed by atoms with Gasteiger partial charge >= 0.3 is 0 Å². The van der Waals surface area contributed by atoms with Gasteiger partial charge in [-0.1, -0.05) is 34.5 Å². The lowest BCUT2D eigenvalue weighted by atomic mass is 10.1. The summed E-state index contributed by atoms with van der Waals surface area (Å²) in [5.41, 5.74) is 3.30. The van der Waals surface area contributed by atoms with Gasteiger partial charge < -0.3 is 4.90 Å². The van der Waals surface area contributed by atoms with E-state index in [9.17, 15) is 0 Å². The van der Waals surface area contributed by atoms with E-state index in [2.05, 4.69) is 54.7 Å². The largest absolute Gasteiger partial charge is 0.339 e. The molecule has 0 amide bonds. The summed E-state index contributed by atoms with van der Waals surface area (Å²) < 4.78 is 3.11. The first kappa shape index (κ1) is 14.7. The van der Waals surface area contributed by atoms with Crippen LogP contribution in [-0.4, -0.2) is 21.3 Å². The molecule has 4 rings (SSSR count). The molecule has 0 radical (unpaired) electrons. The highest BCUT2D eigenvalue weighted by Gasteiger charge is 2.26. The van der Waals surface area contributed by atoms with Gasteiger partial charge in [0.25, 0.3) is 0 Å². The van der Waals surface area contributed by atoms with Crippen LogP contribution in [0.3, 0.4) is 0 Å². The van der Waals surface area contributed by atoms with Crippen molar-refractivity contribution in [2.75, 3.05) is 11.4 Å². The van der Waals surface area contributed by atoms with Crippen LogP contribution < -0.4 is 4.90 Å². The number of halogens is 2. The molecule has 0 bridgehead atoms. The third-order valence-electron chi connectivity index (χ3n) is 4.10. The van der Waals surface area contributed by atoms with Crippen molar-refractivity contribution in [1.82, 2.24) is 14.8 Å². The molecule has 1 unspecified atom stereocenters. The summed E-state index contributed by atoms with van der Waals surface area (Å²) in [6.45, 7) is 2.99. The van der Waals surface area contributed by atoms with Crippen LogP contribution in [0.5, 0.6) is 0 Å². The van der Waals surface area contributed by atoms with Crippen LogP contribution in [0, 0.1) is 0 Å². The molecule has 0 spiro atoms. The highest BCUT2D eigenvalue weighted by molar-refractivity contribution is 9.10. The molecule has 1 aliphatic rings. The van der Waals surface area contributed by atoms with Crippen LogP contribution in [0.2, 0.25) is 5.02 Å². The summed E-state index contributed by atoms with van der Waals surface area (Å²) >= 11 is 9.63. The Kier molecular flexibility index (Phi) is 3.62. The summed E-state index contributed by atoms with van der Waals surface area (Å²) in [4.78, 5) is 2.30. The fraction of sp³-hybridized carbons (Fsp3) is 0.176. The van der Waals surface area contributed by atoms with Gasteiger partial charge in [0.2, 0.25) is 0 Å². The van der Waals surface area contributed by atoms with Crippen molar-refractivity contribution in [3.8, 4) is 5.69 Å². The Hall–Kier alpha value is -1.85. The van der Waals surface area contributed by atoms with Gasteiger partial charge in [0.1, 0.15) is 12.2 Å². The molecule has 116 valence electrons. The van der Waals surface area contributed by atoms with E-state index in [1.54, 1.807) is 6.33 Å². The number of hydrogen-bond acceptors (Lipinski definition) is 3. The van der Waals surface area contributed by atoms with E-state index in [1.165, 1.54) is 0 Å². The third kappa shape index (κ3) is 2.54. The fourth-order valence-electron chi connectivity index (χ4n) is 3.00. The monoisotopic (exact) mass is 388 g/mol. The lowest BCUT2D eigenvalue weighted by Gasteiger charge is -2.26. The number of nitrogens with zero attached hydrogens (tertiary/aromatic N) is 4. The van der Waals surface area contributed by atoms with Gasteiger partial charge in [0, 0.05) is 27.6 Å². The van der Waals surface area contributed by atoms with E-state index in [-0.39, 0.29) is 5.92 Å². The number of fused-ring (bicyclic) bond motifs is 3. The molecular weight excluding hydrogens is 376 g/mol. The quantitative estimate of drug-likeness (QED) is 0.591. The standard InChI is InChI=1S/C17H14BrClN4/c1-11-9-22(14-5-3-13(19)4-6-14)16-8-12(18)2-7-15(16)23-10-20-21-17(11)23/h2-8,10-11H,9H2,1H3. The average Bonchev–Trinajstić information content (AvgIpc) is 2.99. The van der Waals surface area contributed by atoms with Gasteiger partial charge in [-0.25, -0.2) is 0 Å². The highest BCUT2D eigenvalue weighted by atomic mass is 79.9. The highest BCUT2D eigenvalue weighted by Crippen LogP contribution is 2.38. The Morgan fingerprint density at radius 2 is 1.91 bits per heavy atom. The molecule has 23 heavy (non-hydrogen) atoms. The SMILES string of the molecule is CC1CN(c2ccc(Cl)cc2)c2cc(Br)ccc2-n2cnnc21. The maximum atomic E-state index is 6.04. The first-order valence-corrected chi connectivity index (χ1v) is 8.53. The van der Waals surface area contributed by atoms with Gasteiger partial charge in [-0.05, 0) is 42.5 Å². The van der Waals surface area contributed by atoms with Gasteiger partial charge in [-0.3, -0.25) is 4.57 Å². The van der Waals surface area contributed by atoms with Crippen molar-refractivity contribution < 1.29 is 0 Å². The molecule has 0 fully saturated rings. The van der Waals surface area contributed by atoms with Crippen molar-refractivity contribution >= 4 is 38.9 Å². The molecule has 2 aromatic carbocycles. The second-order valence-corrected chi connectivity index (χ2v) is 7.03. The first-order valence-electron chi connectivity index (χ1n) is 7.36. The molecule has 1 atom stereocenters. The van der Waals surface area contributed by atoms with Crippen molar-refractivity contribution in [2.24, 2.45) is 0 Å². The summed E-state index contributed by atoms with van der Waals surface area (Å²) in [5.74, 6) is 1.23. The third-order valence-corrected chi connectivity index (χ3v) is 4.84. The van der Waals surface area contributed by atoms with Crippen molar-refractivity contribution in [3.05, 3.63) is 64.1 Å². The second kappa shape index (κ2) is 5.65. The van der Waals surface area contributed by atoms with E-state index in [0.29, 0.717) is 0 Å². The molecule has 0 N–H and O–H groups in total. The minimum Gasteiger partial charge on any atom is -0.339 e. The Bertz CT molecular complexity index is 859.